The van der Waals surface area contributed by atoms with E-state index >= 15 is 0 Å². The summed E-state index contributed by atoms with van der Waals surface area (Å²) >= 11 is 5.64. The van der Waals surface area contributed by atoms with Gasteiger partial charge in [0, 0.05) is 11.6 Å². The van der Waals surface area contributed by atoms with Crippen LogP contribution < -0.4 is 5.56 Å². The van der Waals surface area contributed by atoms with E-state index in [1.165, 1.54) is 29.0 Å². The number of hydrogen-bond donors (Lipinski definition) is 0. The molecule has 0 amide bonds. The summed E-state index contributed by atoms with van der Waals surface area (Å²) in [5, 5.41) is 0.580. The van der Waals surface area contributed by atoms with E-state index in [9.17, 15) is 22.8 Å². The van der Waals surface area contributed by atoms with Gasteiger partial charge in [-0.25, -0.2) is 0 Å². The van der Waals surface area contributed by atoms with Crippen molar-refractivity contribution >= 4 is 28.7 Å². The Kier molecular flexibility index (Phi) is 4.39. The van der Waals surface area contributed by atoms with E-state index in [-0.39, 0.29) is 17.1 Å². The zero-order valence-corrected chi connectivity index (χ0v) is 13.4. The van der Waals surface area contributed by atoms with Crippen LogP contribution in [0.25, 0.3) is 21.9 Å². The predicted molar refractivity (Wildman–Crippen MR) is 89.7 cm³/mol. The fourth-order valence-electron chi connectivity index (χ4n) is 2.61. The van der Waals surface area contributed by atoms with E-state index in [0.29, 0.717) is 28.2 Å². The fraction of sp³-hybridized carbons (Fsp3) is 0.111. The largest absolute Gasteiger partial charge is 0.417 e. The molecule has 0 unspecified atom stereocenters. The van der Waals surface area contributed by atoms with Gasteiger partial charge >= 0.3 is 6.18 Å². The summed E-state index contributed by atoms with van der Waals surface area (Å²) in [7, 11) is 0. The highest BCUT2D eigenvalue weighted by molar-refractivity contribution is 6.31. The number of carbonyl (C=O) groups is 1. The Morgan fingerprint density at radius 2 is 1.72 bits per heavy atom. The van der Waals surface area contributed by atoms with E-state index in [2.05, 4.69) is 0 Å². The minimum atomic E-state index is -4.57. The third-order valence-electron chi connectivity index (χ3n) is 3.85. The number of alkyl halides is 3. The van der Waals surface area contributed by atoms with Crippen LogP contribution in [0.5, 0.6) is 0 Å². The maximum Gasteiger partial charge on any atom is 0.417 e. The lowest BCUT2D eigenvalue weighted by atomic mass is 10.00. The van der Waals surface area contributed by atoms with Gasteiger partial charge in [-0.2, -0.15) is 13.2 Å². The minimum Gasteiger partial charge on any atom is -0.308 e. The monoisotopic (exact) mass is 365 g/mol. The van der Waals surface area contributed by atoms with Crippen LogP contribution in [0.15, 0.2) is 53.5 Å². The van der Waals surface area contributed by atoms with E-state index in [1.807, 2.05) is 0 Å². The predicted octanol–water partition coefficient (Wildman–Crippen LogP) is 4.54. The number of halogens is 4. The topological polar surface area (TPSA) is 39.1 Å². The molecule has 0 N–H and O–H groups in total. The lowest BCUT2D eigenvalue weighted by molar-refractivity contribution is -0.137. The Hall–Kier alpha value is -2.60. The molecule has 0 saturated carbocycles. The number of pyridine rings is 1. The highest BCUT2D eigenvalue weighted by Crippen LogP contribution is 2.37. The number of rotatable bonds is 3. The van der Waals surface area contributed by atoms with Gasteiger partial charge in [-0.1, -0.05) is 29.8 Å². The fourth-order valence-corrected chi connectivity index (χ4v) is 2.83. The number of nitrogens with zero attached hydrogens (tertiary/aromatic N) is 1. The van der Waals surface area contributed by atoms with Gasteiger partial charge in [-0.15, -0.1) is 0 Å². The van der Waals surface area contributed by atoms with Gasteiger partial charge in [0.1, 0.15) is 6.29 Å². The Labute approximate surface area is 145 Å². The summed E-state index contributed by atoms with van der Waals surface area (Å²) in [5.41, 5.74) is -0.561. The molecule has 1 aromatic heterocycles. The van der Waals surface area contributed by atoms with Crippen molar-refractivity contribution in [3.05, 3.63) is 69.6 Å². The van der Waals surface area contributed by atoms with Crippen molar-refractivity contribution in [3.8, 4) is 11.1 Å². The molecule has 2 aromatic carbocycles. The number of benzene rings is 2. The van der Waals surface area contributed by atoms with E-state index in [4.69, 9.17) is 11.6 Å². The molecule has 128 valence electrons. The van der Waals surface area contributed by atoms with Gasteiger partial charge in [0.15, 0.2) is 0 Å². The Morgan fingerprint density at radius 3 is 2.40 bits per heavy atom. The molecular weight excluding hydrogens is 355 g/mol. The normalized spacial score (nSPS) is 11.7. The van der Waals surface area contributed by atoms with Gasteiger partial charge in [-0.05, 0) is 40.8 Å². The maximum absolute atomic E-state index is 13.0. The van der Waals surface area contributed by atoms with Crippen molar-refractivity contribution in [1.29, 1.82) is 0 Å². The van der Waals surface area contributed by atoms with Crippen LogP contribution in [0.1, 0.15) is 5.56 Å². The second-order valence-corrected chi connectivity index (χ2v) is 5.84. The molecule has 0 spiro atoms. The van der Waals surface area contributed by atoms with Crippen LogP contribution in [-0.4, -0.2) is 10.9 Å². The summed E-state index contributed by atoms with van der Waals surface area (Å²) in [6, 6.07) is 10.1. The molecule has 0 aliphatic rings. The van der Waals surface area contributed by atoms with Crippen LogP contribution in [-0.2, 0) is 17.5 Å². The van der Waals surface area contributed by atoms with Crippen LogP contribution in [0.3, 0.4) is 0 Å². The first-order chi connectivity index (χ1) is 11.8. The summed E-state index contributed by atoms with van der Waals surface area (Å²) in [6.07, 6.45) is -2.46. The second kappa shape index (κ2) is 6.37. The summed E-state index contributed by atoms with van der Waals surface area (Å²) in [6.45, 7) is -0.0852. The second-order valence-electron chi connectivity index (χ2n) is 5.43. The SMILES string of the molecule is O=CCn1ccc2ccc(-c3ccc(Cl)c(C(F)(F)F)c3)cc2c1=O. The number of fused-ring (bicyclic) bond motifs is 1. The van der Waals surface area contributed by atoms with Crippen molar-refractivity contribution < 1.29 is 18.0 Å². The number of hydrogen-bond acceptors (Lipinski definition) is 2. The molecule has 3 rings (SSSR count). The zero-order valence-electron chi connectivity index (χ0n) is 12.7. The van der Waals surface area contributed by atoms with Crippen LogP contribution in [0.2, 0.25) is 5.02 Å². The summed E-state index contributed by atoms with van der Waals surface area (Å²) in [4.78, 5) is 23.0. The van der Waals surface area contributed by atoms with Crippen LogP contribution >= 0.6 is 11.6 Å². The lowest BCUT2D eigenvalue weighted by Crippen LogP contribution is -2.19. The van der Waals surface area contributed by atoms with Crippen molar-refractivity contribution in [1.82, 2.24) is 4.57 Å². The zero-order chi connectivity index (χ0) is 18.2. The van der Waals surface area contributed by atoms with Crippen molar-refractivity contribution in [2.45, 2.75) is 12.7 Å². The molecular formula is C18H11ClF3NO2. The quantitative estimate of drug-likeness (QED) is 0.639. The third-order valence-corrected chi connectivity index (χ3v) is 4.18. The molecule has 25 heavy (non-hydrogen) atoms. The number of aromatic nitrogens is 1. The molecule has 0 aliphatic heterocycles. The smallest absolute Gasteiger partial charge is 0.308 e. The first-order valence-corrected chi connectivity index (χ1v) is 7.63. The van der Waals surface area contributed by atoms with Gasteiger partial charge in [0.2, 0.25) is 0 Å². The Bertz CT molecular complexity index is 1020. The molecule has 1 heterocycles. The minimum absolute atomic E-state index is 0.0852. The average Bonchev–Trinajstić information content (AvgIpc) is 2.57. The maximum atomic E-state index is 13.0. The molecule has 7 heteroatoms. The first-order valence-electron chi connectivity index (χ1n) is 7.25. The first kappa shape index (κ1) is 17.2. The van der Waals surface area contributed by atoms with Crippen molar-refractivity contribution in [2.75, 3.05) is 0 Å². The molecule has 0 bridgehead atoms. The van der Waals surface area contributed by atoms with Gasteiger partial charge in [0.05, 0.1) is 17.1 Å². The van der Waals surface area contributed by atoms with E-state index in [1.54, 1.807) is 18.2 Å². The van der Waals surface area contributed by atoms with Gasteiger partial charge < -0.3 is 9.36 Å². The van der Waals surface area contributed by atoms with Gasteiger partial charge in [0.25, 0.3) is 5.56 Å². The van der Waals surface area contributed by atoms with Crippen molar-refractivity contribution in [2.24, 2.45) is 0 Å². The van der Waals surface area contributed by atoms with E-state index < -0.39 is 11.7 Å². The molecule has 0 saturated heterocycles. The van der Waals surface area contributed by atoms with Crippen LogP contribution in [0, 0.1) is 0 Å². The molecule has 3 nitrogen and oxygen atoms in total. The molecule has 0 radical (unpaired) electrons. The third kappa shape index (κ3) is 3.30. The summed E-state index contributed by atoms with van der Waals surface area (Å²) in [5.74, 6) is 0. The van der Waals surface area contributed by atoms with E-state index in [0.717, 1.165) is 6.07 Å². The number of carbonyl (C=O) groups excluding carboxylic acids is 1. The summed E-state index contributed by atoms with van der Waals surface area (Å²) < 4.78 is 40.3. The average molecular weight is 366 g/mol. The lowest BCUT2D eigenvalue weighted by Gasteiger charge is -2.12. The molecule has 0 fully saturated rings. The number of aldehydes is 1. The molecule has 3 aromatic rings. The Balaban J connectivity index is 2.18. The highest BCUT2D eigenvalue weighted by atomic mass is 35.5. The van der Waals surface area contributed by atoms with Crippen LogP contribution in [0.4, 0.5) is 13.2 Å². The Morgan fingerprint density at radius 1 is 1.04 bits per heavy atom. The standard InChI is InChI=1S/C18H11ClF3NO2/c19-16-4-3-13(10-15(16)18(20,21)22)12-2-1-11-5-6-23(7-8-24)17(25)14(11)9-12/h1-6,8-10H,7H2. The molecule has 0 atom stereocenters. The van der Waals surface area contributed by atoms with Crippen molar-refractivity contribution in [3.63, 3.8) is 0 Å². The molecule has 0 aliphatic carbocycles. The van der Waals surface area contributed by atoms with Gasteiger partial charge in [-0.3, -0.25) is 4.79 Å². The highest BCUT2D eigenvalue weighted by Gasteiger charge is 2.33.